The fourth-order valence-corrected chi connectivity index (χ4v) is 4.95. The van der Waals surface area contributed by atoms with Gasteiger partial charge in [-0.05, 0) is 75.8 Å². The van der Waals surface area contributed by atoms with Gasteiger partial charge in [0.25, 0.3) is 0 Å². The van der Waals surface area contributed by atoms with Gasteiger partial charge in [-0.25, -0.2) is 4.39 Å². The number of hydrogen-bond donors (Lipinski definition) is 0. The Labute approximate surface area is 213 Å². The molecule has 0 bridgehead atoms. The number of halogens is 2. The first-order valence-electron chi connectivity index (χ1n) is 12.4. The van der Waals surface area contributed by atoms with Gasteiger partial charge < -0.3 is 14.2 Å². The molecule has 0 aromatic heterocycles. The van der Waals surface area contributed by atoms with E-state index in [-0.39, 0.29) is 17.5 Å². The zero-order chi connectivity index (χ0) is 25.5. The second-order valence-electron chi connectivity index (χ2n) is 9.38. The van der Waals surface area contributed by atoms with Crippen LogP contribution in [0.2, 0.25) is 5.02 Å². The van der Waals surface area contributed by atoms with Crippen LogP contribution in [0.25, 0.3) is 0 Å². The molecule has 0 spiro atoms. The molecule has 1 aliphatic rings. The van der Waals surface area contributed by atoms with Gasteiger partial charge in [-0.1, -0.05) is 37.1 Å². The minimum Gasteiger partial charge on any atom is -0.491 e. The SMILES string of the molecule is COc1c(Cl)c(C)c(C(C)=O)c(OCCN2CCCCC2C)c1OCCC(C)c1ccc(F)cc1. The number of nitrogens with zero attached hydrogens (tertiary/aromatic N) is 1. The molecule has 3 rings (SSSR count). The lowest BCUT2D eigenvalue weighted by Gasteiger charge is -2.33. The highest BCUT2D eigenvalue weighted by atomic mass is 35.5. The quantitative estimate of drug-likeness (QED) is 0.313. The molecule has 1 fully saturated rings. The maximum absolute atomic E-state index is 13.3. The summed E-state index contributed by atoms with van der Waals surface area (Å²) in [5, 5.41) is 0.344. The largest absolute Gasteiger partial charge is 0.491 e. The van der Waals surface area contributed by atoms with Gasteiger partial charge in [-0.2, -0.15) is 0 Å². The van der Waals surface area contributed by atoms with Crippen molar-refractivity contribution in [1.82, 2.24) is 4.90 Å². The van der Waals surface area contributed by atoms with Crippen LogP contribution in [-0.4, -0.2) is 50.1 Å². The lowest BCUT2D eigenvalue weighted by molar-refractivity contribution is 0.100. The molecule has 35 heavy (non-hydrogen) atoms. The number of Topliss-reactive ketones (excluding diaryl/α,β-unsaturated/α-hetero) is 1. The molecule has 2 atom stereocenters. The number of carbonyl (C=O) groups is 1. The molecule has 0 aliphatic carbocycles. The standard InChI is InChI=1S/C28H37ClFNO4/c1-18(22-9-11-23(30)12-10-22)13-16-34-28-26(35-17-15-31-14-7-6-8-19(31)2)24(21(4)32)20(3)25(29)27(28)33-5/h9-12,18-19H,6-8,13-17H2,1-5H3. The van der Waals surface area contributed by atoms with Gasteiger partial charge >= 0.3 is 0 Å². The van der Waals surface area contributed by atoms with Crippen LogP contribution in [0, 0.1) is 12.7 Å². The van der Waals surface area contributed by atoms with E-state index in [0.29, 0.717) is 59.1 Å². The predicted molar refractivity (Wildman–Crippen MR) is 138 cm³/mol. The molecule has 2 aromatic carbocycles. The second-order valence-corrected chi connectivity index (χ2v) is 9.76. The number of piperidine rings is 1. The maximum atomic E-state index is 13.3. The number of methoxy groups -OCH3 is 1. The normalized spacial score (nSPS) is 17.2. The van der Waals surface area contributed by atoms with Crippen molar-refractivity contribution in [3.8, 4) is 17.2 Å². The first kappa shape index (κ1) is 27.3. The Morgan fingerprint density at radius 1 is 1.14 bits per heavy atom. The first-order chi connectivity index (χ1) is 16.7. The molecular weight excluding hydrogens is 469 g/mol. The van der Waals surface area contributed by atoms with E-state index in [1.165, 1.54) is 45.4 Å². The van der Waals surface area contributed by atoms with Gasteiger partial charge in [-0.3, -0.25) is 9.69 Å². The Balaban J connectivity index is 1.81. The summed E-state index contributed by atoms with van der Waals surface area (Å²) < 4.78 is 31.3. The van der Waals surface area contributed by atoms with Gasteiger partial charge in [0.1, 0.15) is 12.4 Å². The molecule has 2 aromatic rings. The monoisotopic (exact) mass is 505 g/mol. The van der Waals surface area contributed by atoms with Crippen LogP contribution in [0.4, 0.5) is 4.39 Å². The third kappa shape index (κ3) is 6.68. The van der Waals surface area contributed by atoms with E-state index in [4.69, 9.17) is 25.8 Å². The Morgan fingerprint density at radius 3 is 2.46 bits per heavy atom. The summed E-state index contributed by atoms with van der Waals surface area (Å²) in [4.78, 5) is 15.0. The van der Waals surface area contributed by atoms with Crippen molar-refractivity contribution in [1.29, 1.82) is 0 Å². The average Bonchev–Trinajstić information content (AvgIpc) is 2.83. The third-order valence-corrected chi connectivity index (χ3v) is 7.36. The van der Waals surface area contributed by atoms with Gasteiger partial charge in [-0.15, -0.1) is 0 Å². The first-order valence-corrected chi connectivity index (χ1v) is 12.8. The highest BCUT2D eigenvalue weighted by Gasteiger charge is 2.27. The number of likely N-dealkylation sites (tertiary alicyclic amines) is 1. The molecular formula is C28H37ClFNO4. The van der Waals surface area contributed by atoms with Crippen molar-refractivity contribution in [2.45, 2.75) is 65.3 Å². The van der Waals surface area contributed by atoms with E-state index in [0.717, 1.165) is 18.7 Å². The predicted octanol–water partition coefficient (Wildman–Crippen LogP) is 6.82. The highest BCUT2D eigenvalue weighted by Crippen LogP contribution is 2.48. The fourth-order valence-electron chi connectivity index (χ4n) is 4.69. The summed E-state index contributed by atoms with van der Waals surface area (Å²) in [6.45, 7) is 10.2. The molecule has 1 saturated heterocycles. The van der Waals surface area contributed by atoms with Crippen LogP contribution < -0.4 is 14.2 Å². The van der Waals surface area contributed by atoms with Crippen LogP contribution in [0.1, 0.15) is 73.9 Å². The number of ketones is 1. The number of ether oxygens (including phenoxy) is 3. The molecule has 1 heterocycles. The summed E-state index contributed by atoms with van der Waals surface area (Å²) in [5.41, 5.74) is 2.06. The molecule has 1 aliphatic heterocycles. The fraction of sp³-hybridized carbons (Fsp3) is 0.536. The average molecular weight is 506 g/mol. The Morgan fingerprint density at radius 2 is 1.83 bits per heavy atom. The smallest absolute Gasteiger partial charge is 0.205 e. The number of carbonyl (C=O) groups excluding carboxylic acids is 1. The van der Waals surface area contributed by atoms with Crippen molar-refractivity contribution in [2.75, 3.05) is 33.4 Å². The molecule has 192 valence electrons. The summed E-state index contributed by atoms with van der Waals surface area (Å²) in [6.07, 6.45) is 4.32. The van der Waals surface area contributed by atoms with Gasteiger partial charge in [0.05, 0.1) is 24.3 Å². The van der Waals surface area contributed by atoms with Crippen molar-refractivity contribution >= 4 is 17.4 Å². The molecule has 0 radical (unpaired) electrons. The van der Waals surface area contributed by atoms with Crippen LogP contribution in [-0.2, 0) is 0 Å². The van der Waals surface area contributed by atoms with E-state index in [1.54, 1.807) is 19.1 Å². The van der Waals surface area contributed by atoms with Gasteiger partial charge in [0, 0.05) is 12.6 Å². The van der Waals surface area contributed by atoms with Gasteiger partial charge in [0.2, 0.25) is 5.75 Å². The molecule has 0 saturated carbocycles. The zero-order valence-electron chi connectivity index (χ0n) is 21.5. The minimum absolute atomic E-state index is 0.141. The van der Waals surface area contributed by atoms with Crippen molar-refractivity contribution in [3.63, 3.8) is 0 Å². The highest BCUT2D eigenvalue weighted by molar-refractivity contribution is 6.34. The van der Waals surface area contributed by atoms with Crippen LogP contribution in [0.5, 0.6) is 17.2 Å². The van der Waals surface area contributed by atoms with E-state index in [2.05, 4.69) is 18.7 Å². The van der Waals surface area contributed by atoms with Gasteiger partial charge in [0.15, 0.2) is 17.3 Å². The molecule has 5 nitrogen and oxygen atoms in total. The molecule has 0 N–H and O–H groups in total. The van der Waals surface area contributed by atoms with E-state index in [9.17, 15) is 9.18 Å². The number of hydrogen-bond acceptors (Lipinski definition) is 5. The van der Waals surface area contributed by atoms with Crippen LogP contribution in [0.15, 0.2) is 24.3 Å². The lowest BCUT2D eigenvalue weighted by atomic mass is 9.98. The maximum Gasteiger partial charge on any atom is 0.205 e. The summed E-state index contributed by atoms with van der Waals surface area (Å²) in [7, 11) is 1.53. The van der Waals surface area contributed by atoms with Crippen molar-refractivity contribution < 1.29 is 23.4 Å². The number of rotatable bonds is 11. The molecule has 0 amide bonds. The minimum atomic E-state index is -0.256. The lowest BCUT2D eigenvalue weighted by Crippen LogP contribution is -2.40. The van der Waals surface area contributed by atoms with Crippen LogP contribution in [0.3, 0.4) is 0 Å². The summed E-state index contributed by atoms with van der Waals surface area (Å²) in [5.74, 6) is 0.859. The summed E-state index contributed by atoms with van der Waals surface area (Å²) in [6, 6.07) is 7.01. The zero-order valence-corrected chi connectivity index (χ0v) is 22.2. The van der Waals surface area contributed by atoms with Crippen molar-refractivity contribution in [3.05, 3.63) is 51.8 Å². The Bertz CT molecular complexity index is 1010. The topological polar surface area (TPSA) is 48.0 Å². The van der Waals surface area contributed by atoms with E-state index in [1.807, 2.05) is 0 Å². The molecule has 7 heteroatoms. The summed E-state index contributed by atoms with van der Waals surface area (Å²) >= 11 is 6.59. The van der Waals surface area contributed by atoms with E-state index >= 15 is 0 Å². The van der Waals surface area contributed by atoms with E-state index < -0.39 is 0 Å². The second kappa shape index (κ2) is 12.6. The Kier molecular flexibility index (Phi) is 9.81. The molecule has 2 unspecified atom stereocenters. The third-order valence-electron chi connectivity index (χ3n) is 6.90. The Hall–Kier alpha value is -2.31. The van der Waals surface area contributed by atoms with Crippen molar-refractivity contribution in [2.24, 2.45) is 0 Å². The van der Waals surface area contributed by atoms with Crippen LogP contribution >= 0.6 is 11.6 Å². The number of benzene rings is 2.